The number of halogens is 2. The Bertz CT molecular complexity index is 776. The van der Waals surface area contributed by atoms with Crippen LogP contribution in [0.5, 0.6) is 0 Å². The van der Waals surface area contributed by atoms with Gasteiger partial charge in [0.1, 0.15) is 5.82 Å². The largest absolute Gasteiger partial charge is 0.337 e. The first-order valence-corrected chi connectivity index (χ1v) is 11.0. The molecule has 0 saturated carbocycles. The smallest absolute Gasteiger partial charge is 0.332 e. The highest BCUT2D eigenvalue weighted by Gasteiger charge is 2.29. The molecule has 2 aromatic carbocycles. The summed E-state index contributed by atoms with van der Waals surface area (Å²) in [6.07, 6.45) is 4.65. The Morgan fingerprint density at radius 1 is 1.14 bits per heavy atom. The number of piperidine rings is 1. The minimum atomic E-state index is -0.320. The van der Waals surface area contributed by atoms with Crippen molar-refractivity contribution in [3.8, 4) is 0 Å². The molecule has 3 rings (SSSR count). The van der Waals surface area contributed by atoms with E-state index in [-0.39, 0.29) is 11.8 Å². The molecule has 0 bridgehead atoms. The molecule has 2 amide bonds. The molecule has 0 radical (unpaired) electrons. The van der Waals surface area contributed by atoms with Crippen molar-refractivity contribution in [2.45, 2.75) is 25.7 Å². The van der Waals surface area contributed by atoms with E-state index in [4.69, 9.17) is 0 Å². The average Bonchev–Trinajstić information content (AvgIpc) is 2.74. The molecule has 1 saturated heterocycles. The number of nitrogens with one attached hydrogen (secondary N) is 1. The lowest BCUT2D eigenvalue weighted by Gasteiger charge is -2.41. The van der Waals surface area contributed by atoms with Crippen molar-refractivity contribution < 1.29 is 13.7 Å². The molecular formula is C23H30BrFN3O+. The van der Waals surface area contributed by atoms with Gasteiger partial charge in [-0.25, -0.2) is 13.1 Å². The first-order valence-electron chi connectivity index (χ1n) is 10.3. The summed E-state index contributed by atoms with van der Waals surface area (Å²) in [5.74, 6) is 0.459. The van der Waals surface area contributed by atoms with Crippen LogP contribution in [0.3, 0.4) is 0 Å². The second-order valence-electron chi connectivity index (χ2n) is 8.27. The lowest BCUT2D eigenvalue weighted by Crippen LogP contribution is -2.51. The number of amides is 2. The number of anilines is 1. The highest BCUT2D eigenvalue weighted by atomic mass is 79.9. The van der Waals surface area contributed by atoms with Crippen molar-refractivity contribution in [3.63, 3.8) is 0 Å². The molecule has 0 aromatic heterocycles. The fourth-order valence-electron chi connectivity index (χ4n) is 4.03. The van der Waals surface area contributed by atoms with Crippen LogP contribution < -0.4 is 9.24 Å². The van der Waals surface area contributed by atoms with Gasteiger partial charge < -0.3 is 9.80 Å². The van der Waals surface area contributed by atoms with Gasteiger partial charge in [0.25, 0.3) is 0 Å². The quantitative estimate of drug-likeness (QED) is 0.344. The molecule has 0 atom stereocenters. The zero-order valence-corrected chi connectivity index (χ0v) is 18.6. The van der Waals surface area contributed by atoms with E-state index >= 15 is 0 Å². The first kappa shape index (κ1) is 21.8. The van der Waals surface area contributed by atoms with Crippen molar-refractivity contribution in [3.05, 3.63) is 66.0 Å². The predicted octanol–water partition coefficient (Wildman–Crippen LogP) is 5.14. The summed E-state index contributed by atoms with van der Waals surface area (Å²) in [5.41, 5.74) is 2.04. The lowest BCUT2D eigenvalue weighted by atomic mass is 9.89. The molecule has 29 heavy (non-hydrogen) atoms. The maximum Gasteiger partial charge on any atom is 0.332 e. The Hall–Kier alpha value is -1.92. The van der Waals surface area contributed by atoms with Gasteiger partial charge in [-0.05, 0) is 55.0 Å². The molecule has 0 unspecified atom stereocenters. The molecule has 2 aromatic rings. The monoisotopic (exact) mass is 462 g/mol. The molecule has 156 valence electrons. The molecule has 1 aliphatic rings. The van der Waals surface area contributed by atoms with E-state index in [0.717, 1.165) is 23.4 Å². The molecule has 1 N–H and O–H groups in total. The Morgan fingerprint density at radius 3 is 2.45 bits per heavy atom. The van der Waals surface area contributed by atoms with E-state index in [0.29, 0.717) is 12.2 Å². The van der Waals surface area contributed by atoms with E-state index < -0.39 is 0 Å². The molecule has 1 heterocycles. The summed E-state index contributed by atoms with van der Waals surface area (Å²) < 4.78 is 15.4. The standard InChI is InChI=1S/C23H29BrFN3O/c1-28(16-12-20(13-17-28)18-19-6-3-2-4-7-19)15-5-14-26-23(29)27(24)22-10-8-21(25)9-11-22/h2-4,6-11,20H,5,12-18H2,1H3/p+1. The normalized spacial score (nSPS) is 21.6. The number of rotatable bonds is 7. The van der Waals surface area contributed by atoms with Gasteiger partial charge in [0.05, 0.1) is 48.5 Å². The van der Waals surface area contributed by atoms with E-state index in [1.165, 1.54) is 54.0 Å². The molecule has 6 heteroatoms. The van der Waals surface area contributed by atoms with E-state index in [2.05, 4.69) is 58.8 Å². The second kappa shape index (κ2) is 10.2. The molecule has 0 aliphatic carbocycles. The Balaban J connectivity index is 1.36. The number of carbonyl (C=O) groups excluding carboxylic acids is 1. The fourth-order valence-corrected chi connectivity index (χ4v) is 4.40. The van der Waals surface area contributed by atoms with Crippen LogP contribution in [0.4, 0.5) is 14.9 Å². The van der Waals surface area contributed by atoms with Crippen molar-refractivity contribution >= 4 is 27.9 Å². The minimum Gasteiger partial charge on any atom is -0.337 e. The second-order valence-corrected chi connectivity index (χ2v) is 8.98. The molecule has 1 aliphatic heterocycles. The minimum absolute atomic E-state index is 0.235. The number of likely N-dealkylation sites (tertiary alicyclic amines) is 1. The number of hydrogen-bond donors (Lipinski definition) is 1. The highest BCUT2D eigenvalue weighted by Crippen LogP contribution is 2.25. The summed E-state index contributed by atoms with van der Waals surface area (Å²) >= 11 is 3.24. The van der Waals surface area contributed by atoms with Gasteiger partial charge in [-0.3, -0.25) is 0 Å². The van der Waals surface area contributed by atoms with Crippen molar-refractivity contribution in [1.82, 2.24) is 5.32 Å². The maximum absolute atomic E-state index is 13.0. The van der Waals surface area contributed by atoms with Gasteiger partial charge in [-0.15, -0.1) is 0 Å². The fraction of sp³-hybridized carbons (Fsp3) is 0.435. The van der Waals surface area contributed by atoms with Gasteiger partial charge in [0.2, 0.25) is 0 Å². The lowest BCUT2D eigenvalue weighted by molar-refractivity contribution is -0.915. The van der Waals surface area contributed by atoms with Gasteiger partial charge in [-0.2, -0.15) is 0 Å². The third-order valence-electron chi connectivity index (χ3n) is 5.90. The average molecular weight is 463 g/mol. The van der Waals surface area contributed by atoms with Gasteiger partial charge in [0.15, 0.2) is 0 Å². The predicted molar refractivity (Wildman–Crippen MR) is 119 cm³/mol. The first-order chi connectivity index (χ1) is 14.0. The van der Waals surface area contributed by atoms with Gasteiger partial charge >= 0.3 is 6.03 Å². The molecule has 1 fully saturated rings. The molecular weight excluding hydrogens is 433 g/mol. The van der Waals surface area contributed by atoms with E-state index in [9.17, 15) is 9.18 Å². The van der Waals surface area contributed by atoms with Crippen molar-refractivity contribution in [1.29, 1.82) is 0 Å². The van der Waals surface area contributed by atoms with Crippen LogP contribution in [0.15, 0.2) is 54.6 Å². The number of quaternary nitrogens is 1. The van der Waals surface area contributed by atoms with Crippen molar-refractivity contribution in [2.75, 3.05) is 37.2 Å². The van der Waals surface area contributed by atoms with Crippen LogP contribution in [-0.4, -0.2) is 43.7 Å². The van der Waals surface area contributed by atoms with Crippen LogP contribution in [-0.2, 0) is 6.42 Å². The summed E-state index contributed by atoms with van der Waals surface area (Å²) in [6, 6.07) is 16.3. The van der Waals surface area contributed by atoms with E-state index in [1.807, 2.05) is 0 Å². The van der Waals surface area contributed by atoms with Crippen LogP contribution in [0, 0.1) is 11.7 Å². The zero-order valence-electron chi connectivity index (χ0n) is 17.0. The van der Waals surface area contributed by atoms with Crippen LogP contribution in [0.25, 0.3) is 0 Å². The number of nitrogens with zero attached hydrogens (tertiary/aromatic N) is 2. The van der Waals surface area contributed by atoms with E-state index in [1.54, 1.807) is 12.1 Å². The molecule has 4 nitrogen and oxygen atoms in total. The SMILES string of the molecule is C[N+]1(CCCNC(=O)N(Br)c2ccc(F)cc2)CCC(Cc2ccccc2)CC1. The third kappa shape index (κ3) is 6.54. The highest BCUT2D eigenvalue weighted by molar-refractivity contribution is 9.10. The summed E-state index contributed by atoms with van der Waals surface area (Å²) in [7, 11) is 2.33. The van der Waals surface area contributed by atoms with Crippen molar-refractivity contribution in [2.24, 2.45) is 5.92 Å². The Labute approximate surface area is 181 Å². The maximum atomic E-state index is 13.0. The summed E-state index contributed by atoms with van der Waals surface area (Å²) in [4.78, 5) is 12.2. The third-order valence-corrected chi connectivity index (χ3v) is 6.64. The van der Waals surface area contributed by atoms with Gasteiger partial charge in [0, 0.05) is 13.0 Å². The number of urea groups is 1. The number of hydrogen-bond acceptors (Lipinski definition) is 1. The topological polar surface area (TPSA) is 32.3 Å². The van der Waals surface area contributed by atoms with Crippen LogP contribution in [0.1, 0.15) is 24.8 Å². The summed E-state index contributed by atoms with van der Waals surface area (Å²) in [6.45, 7) is 4.10. The molecule has 0 spiro atoms. The van der Waals surface area contributed by atoms with Crippen LogP contribution >= 0.6 is 16.1 Å². The zero-order chi connectivity index (χ0) is 20.7. The Kier molecular flexibility index (Phi) is 7.67. The van der Waals surface area contributed by atoms with Crippen LogP contribution in [0.2, 0.25) is 0 Å². The Morgan fingerprint density at radius 2 is 1.79 bits per heavy atom. The van der Waals surface area contributed by atoms with Gasteiger partial charge in [-0.1, -0.05) is 30.3 Å². The number of benzene rings is 2. The number of carbonyl (C=O) groups is 1. The summed E-state index contributed by atoms with van der Waals surface area (Å²) in [5, 5.41) is 2.93.